The summed E-state index contributed by atoms with van der Waals surface area (Å²) in [6.45, 7) is 2.38. The molecule has 1 saturated heterocycles. The highest BCUT2D eigenvalue weighted by Gasteiger charge is 2.39. The number of rotatable bonds is 8. The number of nitrogens with one attached hydrogen (secondary N) is 1. The van der Waals surface area contributed by atoms with E-state index in [4.69, 9.17) is 4.74 Å². The van der Waals surface area contributed by atoms with Crippen molar-refractivity contribution < 1.29 is 22.3 Å². The van der Waals surface area contributed by atoms with Crippen molar-refractivity contribution in [3.05, 3.63) is 90.0 Å². The van der Waals surface area contributed by atoms with E-state index in [1.165, 1.54) is 16.4 Å². The molecule has 7 nitrogen and oxygen atoms in total. The minimum atomic E-state index is -3.90. The van der Waals surface area contributed by atoms with Gasteiger partial charge in [0.05, 0.1) is 10.6 Å². The van der Waals surface area contributed by atoms with Gasteiger partial charge in [-0.25, -0.2) is 12.8 Å². The standard InChI is InChI=1S/C25H26FN3O4S/c1-18(23-8-2-3-14-27-23)33-21-7-4-6-19(16-21)17-28-25(30)24-9-5-15-29(24)34(31,32)22-12-10-20(26)11-13-22/h2-4,6-8,10-14,16,18,24H,5,9,15,17H2,1H3,(H,28,30)/t18-,24-/m0/s1. The predicted octanol–water partition coefficient (Wildman–Crippen LogP) is 3.83. The van der Waals surface area contributed by atoms with Crippen molar-refractivity contribution >= 4 is 15.9 Å². The normalized spacial score (nSPS) is 17.3. The molecule has 0 radical (unpaired) electrons. The first kappa shape index (κ1) is 23.8. The van der Waals surface area contributed by atoms with E-state index in [-0.39, 0.29) is 30.0 Å². The van der Waals surface area contributed by atoms with Gasteiger partial charge in [-0.1, -0.05) is 18.2 Å². The van der Waals surface area contributed by atoms with Crippen LogP contribution in [0.2, 0.25) is 0 Å². The number of hydrogen-bond acceptors (Lipinski definition) is 5. The quantitative estimate of drug-likeness (QED) is 0.526. The number of sulfonamides is 1. The molecule has 1 aliphatic heterocycles. The van der Waals surface area contributed by atoms with Crippen LogP contribution in [-0.2, 0) is 21.4 Å². The molecule has 1 aromatic heterocycles. The zero-order chi connectivity index (χ0) is 24.1. The van der Waals surface area contributed by atoms with Crippen LogP contribution in [0.25, 0.3) is 0 Å². The molecule has 3 aromatic rings. The van der Waals surface area contributed by atoms with Crippen molar-refractivity contribution in [2.75, 3.05) is 6.54 Å². The molecule has 0 aliphatic carbocycles. The van der Waals surface area contributed by atoms with Crippen LogP contribution < -0.4 is 10.1 Å². The highest BCUT2D eigenvalue weighted by molar-refractivity contribution is 7.89. The summed E-state index contributed by atoms with van der Waals surface area (Å²) in [6, 6.07) is 16.8. The summed E-state index contributed by atoms with van der Waals surface area (Å²) in [7, 11) is -3.90. The molecule has 1 N–H and O–H groups in total. The number of nitrogens with zero attached hydrogens (tertiary/aromatic N) is 2. The Balaban J connectivity index is 1.39. The SMILES string of the molecule is C[C@H](Oc1cccc(CNC(=O)[C@@H]2CCCN2S(=O)(=O)c2ccc(F)cc2)c1)c1ccccn1. The van der Waals surface area contributed by atoms with E-state index in [0.29, 0.717) is 18.6 Å². The van der Waals surface area contributed by atoms with Crippen LogP contribution in [0.15, 0.2) is 77.8 Å². The zero-order valence-electron chi connectivity index (χ0n) is 18.7. The fourth-order valence-electron chi connectivity index (χ4n) is 3.95. The molecule has 1 fully saturated rings. The number of halogens is 1. The molecule has 4 rings (SSSR count). The summed E-state index contributed by atoms with van der Waals surface area (Å²) < 4.78 is 46.4. The van der Waals surface area contributed by atoms with Gasteiger partial charge >= 0.3 is 0 Å². The van der Waals surface area contributed by atoms with Gasteiger partial charge in [0.25, 0.3) is 0 Å². The minimum absolute atomic E-state index is 0.0273. The molecule has 2 atom stereocenters. The molecule has 0 bridgehead atoms. The first-order valence-electron chi connectivity index (χ1n) is 11.1. The Hall–Kier alpha value is -3.30. The van der Waals surface area contributed by atoms with Gasteiger partial charge in [0.1, 0.15) is 23.7 Å². The first-order chi connectivity index (χ1) is 16.3. The van der Waals surface area contributed by atoms with Crippen molar-refractivity contribution in [2.45, 2.75) is 43.4 Å². The lowest BCUT2D eigenvalue weighted by atomic mass is 10.2. The summed E-state index contributed by atoms with van der Waals surface area (Å²) >= 11 is 0. The molecule has 1 aliphatic rings. The molecule has 2 aromatic carbocycles. The molecular formula is C25H26FN3O4S. The minimum Gasteiger partial charge on any atom is -0.484 e. The van der Waals surface area contributed by atoms with Crippen LogP contribution in [0.3, 0.4) is 0 Å². The van der Waals surface area contributed by atoms with E-state index in [0.717, 1.165) is 23.4 Å². The molecule has 0 saturated carbocycles. The van der Waals surface area contributed by atoms with E-state index in [1.54, 1.807) is 6.20 Å². The Bertz CT molecular complexity index is 1240. The number of pyridine rings is 1. The average molecular weight is 484 g/mol. The summed E-state index contributed by atoms with van der Waals surface area (Å²) in [5.41, 5.74) is 1.63. The van der Waals surface area contributed by atoms with Gasteiger partial charge < -0.3 is 10.1 Å². The lowest BCUT2D eigenvalue weighted by Gasteiger charge is -2.23. The highest BCUT2D eigenvalue weighted by atomic mass is 32.2. The largest absolute Gasteiger partial charge is 0.484 e. The third-order valence-electron chi connectivity index (χ3n) is 5.71. The van der Waals surface area contributed by atoms with Gasteiger partial charge in [-0.3, -0.25) is 9.78 Å². The fourth-order valence-corrected chi connectivity index (χ4v) is 5.60. The highest BCUT2D eigenvalue weighted by Crippen LogP contribution is 2.27. The maximum atomic E-state index is 13.2. The van der Waals surface area contributed by atoms with E-state index < -0.39 is 21.9 Å². The second-order valence-corrected chi connectivity index (χ2v) is 10.00. The molecule has 0 spiro atoms. The Labute approximate surface area is 198 Å². The van der Waals surface area contributed by atoms with E-state index in [2.05, 4.69) is 10.3 Å². The van der Waals surface area contributed by atoms with Gasteiger partial charge in [-0.2, -0.15) is 4.31 Å². The molecule has 1 amide bonds. The Morgan fingerprint density at radius 3 is 2.71 bits per heavy atom. The topological polar surface area (TPSA) is 88.6 Å². The average Bonchev–Trinajstić information content (AvgIpc) is 3.35. The third-order valence-corrected chi connectivity index (χ3v) is 7.63. The van der Waals surface area contributed by atoms with Crippen LogP contribution in [-0.4, -0.2) is 36.2 Å². The van der Waals surface area contributed by atoms with Crippen molar-refractivity contribution in [3.8, 4) is 5.75 Å². The van der Waals surface area contributed by atoms with Gasteiger partial charge in [0.15, 0.2) is 0 Å². The predicted molar refractivity (Wildman–Crippen MR) is 125 cm³/mol. The van der Waals surface area contributed by atoms with Crippen molar-refractivity contribution in [1.82, 2.24) is 14.6 Å². The van der Waals surface area contributed by atoms with Gasteiger partial charge in [0, 0.05) is 19.3 Å². The summed E-state index contributed by atoms with van der Waals surface area (Å²) in [6.07, 6.45) is 2.48. The van der Waals surface area contributed by atoms with E-state index in [9.17, 15) is 17.6 Å². The first-order valence-corrected chi connectivity index (χ1v) is 12.5. The molecule has 0 unspecified atom stereocenters. The zero-order valence-corrected chi connectivity index (χ0v) is 19.5. The van der Waals surface area contributed by atoms with Gasteiger partial charge in [-0.05, 0) is 73.9 Å². The van der Waals surface area contributed by atoms with Crippen LogP contribution in [0.5, 0.6) is 5.75 Å². The number of hydrogen-bond donors (Lipinski definition) is 1. The monoisotopic (exact) mass is 483 g/mol. The summed E-state index contributed by atoms with van der Waals surface area (Å²) in [5, 5.41) is 2.84. The number of carbonyl (C=O) groups is 1. The van der Waals surface area contributed by atoms with Crippen molar-refractivity contribution in [2.24, 2.45) is 0 Å². The Morgan fingerprint density at radius 2 is 1.97 bits per heavy atom. The van der Waals surface area contributed by atoms with Crippen molar-refractivity contribution in [1.29, 1.82) is 0 Å². The second kappa shape index (κ2) is 10.3. The van der Waals surface area contributed by atoms with E-state index >= 15 is 0 Å². The van der Waals surface area contributed by atoms with Gasteiger partial charge in [0.2, 0.25) is 15.9 Å². The lowest BCUT2D eigenvalue weighted by molar-refractivity contribution is -0.124. The maximum absolute atomic E-state index is 13.2. The molecule has 2 heterocycles. The maximum Gasteiger partial charge on any atom is 0.243 e. The van der Waals surface area contributed by atoms with E-state index in [1.807, 2.05) is 49.4 Å². The van der Waals surface area contributed by atoms with Crippen LogP contribution in [0.4, 0.5) is 4.39 Å². The number of amides is 1. The van der Waals surface area contributed by atoms with Crippen LogP contribution in [0.1, 0.15) is 37.1 Å². The number of aromatic nitrogens is 1. The number of benzene rings is 2. The molecule has 178 valence electrons. The summed E-state index contributed by atoms with van der Waals surface area (Å²) in [5.74, 6) is -0.238. The second-order valence-electron chi connectivity index (χ2n) is 8.11. The Kier molecular flexibility index (Phi) is 7.23. The number of carbonyl (C=O) groups excluding carboxylic acids is 1. The summed E-state index contributed by atoms with van der Waals surface area (Å²) in [4.78, 5) is 17.2. The smallest absolute Gasteiger partial charge is 0.243 e. The molecule has 34 heavy (non-hydrogen) atoms. The van der Waals surface area contributed by atoms with Crippen LogP contribution in [0, 0.1) is 5.82 Å². The van der Waals surface area contributed by atoms with Gasteiger partial charge in [-0.15, -0.1) is 0 Å². The van der Waals surface area contributed by atoms with Crippen molar-refractivity contribution in [3.63, 3.8) is 0 Å². The number of ether oxygens (including phenoxy) is 1. The molecular weight excluding hydrogens is 457 g/mol. The third kappa shape index (κ3) is 5.43. The fraction of sp³-hybridized carbons (Fsp3) is 0.280. The lowest BCUT2D eigenvalue weighted by Crippen LogP contribution is -2.45. The molecule has 9 heteroatoms. The Morgan fingerprint density at radius 1 is 1.18 bits per heavy atom. The van der Waals surface area contributed by atoms with Crippen LogP contribution >= 0.6 is 0 Å².